The molecule has 2 aliphatic rings. The molecule has 2 saturated carbocycles. The van der Waals surface area contributed by atoms with Crippen molar-refractivity contribution in [2.24, 2.45) is 11.8 Å². The number of aromatic nitrogens is 4. The minimum Gasteiger partial charge on any atom is -0.300 e. The first kappa shape index (κ1) is 38.0. The van der Waals surface area contributed by atoms with E-state index < -0.39 is 0 Å². The van der Waals surface area contributed by atoms with Gasteiger partial charge >= 0.3 is 0 Å². The summed E-state index contributed by atoms with van der Waals surface area (Å²) in [7, 11) is 0. The predicted octanol–water partition coefficient (Wildman–Crippen LogP) is 12.4. The monoisotopic (exact) mass is 698 g/mol. The molecule has 0 amide bonds. The topological polar surface area (TPSA) is 68.6 Å². The molecule has 2 fully saturated rings. The number of Topliss-reactive ketones (excluding diaryl/α,β-unsaturated/α-hetero) is 1. The smallest absolute Gasteiger partial charge is 0.133 e. The van der Waals surface area contributed by atoms with Crippen LogP contribution < -0.4 is 0 Å². The van der Waals surface area contributed by atoms with Gasteiger partial charge in [0.2, 0.25) is 0 Å². The van der Waals surface area contributed by atoms with Crippen LogP contribution in [0.3, 0.4) is 0 Å². The standard InChI is InChI=1S/C47H62N4O/c1-3-5-7-9-35-11-21-39(22-12-35)44-31-33-46(50-48-44)41-25-15-37(16-26-41)19-29-43(52)30-20-38-17-27-42(28-18-38)47-34-32-45(49-51-47)40-23-13-36(14-24-40)10-8-6-4-2/h15-18,25-28,31-36,39-40H,3-14,19-24,29-30H2,1-2H3. The Balaban J connectivity index is 0.894. The number of ketones is 1. The van der Waals surface area contributed by atoms with Gasteiger partial charge in [-0.25, -0.2) is 0 Å². The second kappa shape index (κ2) is 19.9. The molecule has 6 rings (SSSR count). The van der Waals surface area contributed by atoms with E-state index in [0.717, 1.165) is 58.6 Å². The van der Waals surface area contributed by atoms with Gasteiger partial charge in [0.15, 0.2) is 0 Å². The molecule has 2 aliphatic carbocycles. The molecule has 0 aliphatic heterocycles. The van der Waals surface area contributed by atoms with Crippen LogP contribution in [0.25, 0.3) is 22.5 Å². The Morgan fingerprint density at radius 1 is 0.500 bits per heavy atom. The Bertz CT molecular complexity index is 1490. The van der Waals surface area contributed by atoms with E-state index in [1.165, 1.54) is 114 Å². The van der Waals surface area contributed by atoms with Crippen molar-refractivity contribution in [1.82, 2.24) is 20.4 Å². The van der Waals surface area contributed by atoms with E-state index in [-0.39, 0.29) is 0 Å². The minimum atomic E-state index is 0.307. The van der Waals surface area contributed by atoms with Gasteiger partial charge in [0, 0.05) is 35.8 Å². The van der Waals surface area contributed by atoms with Crippen LogP contribution in [0, 0.1) is 11.8 Å². The van der Waals surface area contributed by atoms with Crippen molar-refractivity contribution in [1.29, 1.82) is 0 Å². The fraction of sp³-hybridized carbons (Fsp3) is 0.553. The molecule has 276 valence electrons. The van der Waals surface area contributed by atoms with Crippen molar-refractivity contribution >= 4 is 5.78 Å². The highest BCUT2D eigenvalue weighted by Crippen LogP contribution is 2.38. The van der Waals surface area contributed by atoms with Crippen molar-refractivity contribution in [3.63, 3.8) is 0 Å². The highest BCUT2D eigenvalue weighted by atomic mass is 16.1. The summed E-state index contributed by atoms with van der Waals surface area (Å²) < 4.78 is 0. The van der Waals surface area contributed by atoms with Crippen LogP contribution in [0.15, 0.2) is 72.8 Å². The van der Waals surface area contributed by atoms with E-state index in [1.807, 2.05) is 0 Å². The lowest BCUT2D eigenvalue weighted by molar-refractivity contribution is -0.119. The Morgan fingerprint density at radius 2 is 0.904 bits per heavy atom. The molecule has 0 bridgehead atoms. The van der Waals surface area contributed by atoms with Gasteiger partial charge in [-0.2, -0.15) is 20.4 Å². The maximum Gasteiger partial charge on any atom is 0.133 e. The van der Waals surface area contributed by atoms with Gasteiger partial charge in [0.25, 0.3) is 0 Å². The fourth-order valence-electron chi connectivity index (χ4n) is 8.67. The predicted molar refractivity (Wildman–Crippen MR) is 214 cm³/mol. The number of hydrogen-bond donors (Lipinski definition) is 0. The average molecular weight is 699 g/mol. The molecular formula is C47H62N4O. The van der Waals surface area contributed by atoms with E-state index in [2.05, 4.69) is 107 Å². The van der Waals surface area contributed by atoms with E-state index in [9.17, 15) is 4.79 Å². The van der Waals surface area contributed by atoms with Gasteiger partial charge in [-0.3, -0.25) is 4.79 Å². The normalized spacial score (nSPS) is 20.5. The highest BCUT2D eigenvalue weighted by Gasteiger charge is 2.24. The highest BCUT2D eigenvalue weighted by molar-refractivity contribution is 5.79. The number of aryl methyl sites for hydroxylation is 2. The summed E-state index contributed by atoms with van der Waals surface area (Å²) in [6.07, 6.45) is 23.9. The lowest BCUT2D eigenvalue weighted by Crippen LogP contribution is -2.14. The molecule has 0 radical (unpaired) electrons. The Kier molecular flexibility index (Phi) is 14.6. The first-order valence-corrected chi connectivity index (χ1v) is 21.0. The molecule has 52 heavy (non-hydrogen) atoms. The number of carbonyl (C=O) groups excluding carboxylic acids is 1. The SMILES string of the molecule is CCCCCC1CCC(c2ccc(-c3ccc(CCC(=O)CCc4ccc(-c5ccc(C6CCC(CCCCC)CC6)nn5)cc4)cc3)nn2)CC1. The largest absolute Gasteiger partial charge is 0.300 e. The third-order valence-corrected chi connectivity index (χ3v) is 12.2. The first-order chi connectivity index (χ1) is 25.6. The van der Waals surface area contributed by atoms with E-state index in [1.54, 1.807) is 0 Å². The summed E-state index contributed by atoms with van der Waals surface area (Å²) in [6, 6.07) is 25.6. The Labute approximate surface area is 313 Å². The van der Waals surface area contributed by atoms with Crippen LogP contribution in [0.1, 0.15) is 164 Å². The van der Waals surface area contributed by atoms with Crippen LogP contribution in [-0.4, -0.2) is 26.2 Å². The number of benzene rings is 2. The molecule has 0 spiro atoms. The minimum absolute atomic E-state index is 0.307. The molecule has 0 N–H and O–H groups in total. The zero-order valence-corrected chi connectivity index (χ0v) is 32.1. The molecule has 2 aromatic heterocycles. The third-order valence-electron chi connectivity index (χ3n) is 12.2. The number of hydrogen-bond acceptors (Lipinski definition) is 5. The number of carbonyl (C=O) groups is 1. The molecular weight excluding hydrogens is 637 g/mol. The Hall–Kier alpha value is -3.73. The number of nitrogens with zero attached hydrogens (tertiary/aromatic N) is 4. The molecule has 0 unspecified atom stereocenters. The molecule has 2 aromatic carbocycles. The van der Waals surface area contributed by atoms with E-state index in [0.29, 0.717) is 30.5 Å². The molecule has 0 saturated heterocycles. The summed E-state index contributed by atoms with van der Waals surface area (Å²) in [4.78, 5) is 12.8. The number of rotatable bonds is 18. The van der Waals surface area contributed by atoms with Crippen LogP contribution in [0.5, 0.6) is 0 Å². The van der Waals surface area contributed by atoms with Gasteiger partial charge in [-0.1, -0.05) is 114 Å². The first-order valence-electron chi connectivity index (χ1n) is 21.0. The second-order valence-electron chi connectivity index (χ2n) is 16.0. The summed E-state index contributed by atoms with van der Waals surface area (Å²) >= 11 is 0. The van der Waals surface area contributed by atoms with Gasteiger partial charge < -0.3 is 0 Å². The van der Waals surface area contributed by atoms with E-state index >= 15 is 0 Å². The van der Waals surface area contributed by atoms with Crippen molar-refractivity contribution in [2.75, 3.05) is 0 Å². The lowest BCUT2D eigenvalue weighted by atomic mass is 9.78. The summed E-state index contributed by atoms with van der Waals surface area (Å²) in [6.45, 7) is 4.57. The molecule has 4 aromatic rings. The molecule has 5 nitrogen and oxygen atoms in total. The molecule has 0 atom stereocenters. The van der Waals surface area contributed by atoms with Crippen LogP contribution in [0.2, 0.25) is 0 Å². The van der Waals surface area contributed by atoms with Crippen LogP contribution in [-0.2, 0) is 17.6 Å². The van der Waals surface area contributed by atoms with E-state index in [4.69, 9.17) is 0 Å². The lowest BCUT2D eigenvalue weighted by Gasteiger charge is -2.28. The zero-order chi connectivity index (χ0) is 36.0. The summed E-state index contributed by atoms with van der Waals surface area (Å²) in [5.41, 5.74) is 8.67. The summed E-state index contributed by atoms with van der Waals surface area (Å²) in [5.74, 6) is 3.23. The van der Waals surface area contributed by atoms with Crippen molar-refractivity contribution in [3.05, 3.63) is 95.3 Å². The Morgan fingerprint density at radius 3 is 1.25 bits per heavy atom. The van der Waals surface area contributed by atoms with Gasteiger partial charge in [-0.15, -0.1) is 0 Å². The quantitative estimate of drug-likeness (QED) is 0.0968. The van der Waals surface area contributed by atoms with Gasteiger partial charge in [0.05, 0.1) is 22.8 Å². The third kappa shape index (κ3) is 11.1. The van der Waals surface area contributed by atoms with Crippen molar-refractivity contribution in [3.8, 4) is 22.5 Å². The molecule has 5 heteroatoms. The van der Waals surface area contributed by atoms with Crippen LogP contribution in [0.4, 0.5) is 0 Å². The second-order valence-corrected chi connectivity index (χ2v) is 16.0. The fourth-order valence-corrected chi connectivity index (χ4v) is 8.67. The summed E-state index contributed by atoms with van der Waals surface area (Å²) in [5, 5.41) is 18.5. The maximum atomic E-state index is 12.8. The maximum absolute atomic E-state index is 12.8. The zero-order valence-electron chi connectivity index (χ0n) is 32.1. The average Bonchev–Trinajstić information content (AvgIpc) is 3.20. The van der Waals surface area contributed by atoms with Crippen molar-refractivity contribution < 1.29 is 4.79 Å². The number of unbranched alkanes of at least 4 members (excludes halogenated alkanes) is 4. The van der Waals surface area contributed by atoms with Crippen LogP contribution >= 0.6 is 0 Å². The van der Waals surface area contributed by atoms with Gasteiger partial charge in [0.1, 0.15) is 5.78 Å². The molecule has 2 heterocycles. The van der Waals surface area contributed by atoms with Crippen molar-refractivity contribution in [2.45, 2.75) is 154 Å². The van der Waals surface area contributed by atoms with Gasteiger partial charge in [-0.05, 0) is 111 Å².